The molecule has 5 heteroatoms. The van der Waals surface area contributed by atoms with E-state index in [9.17, 15) is 4.79 Å². The highest BCUT2D eigenvalue weighted by molar-refractivity contribution is 5.65. The molecule has 0 unspecified atom stereocenters. The lowest BCUT2D eigenvalue weighted by molar-refractivity contribution is 0.0225. The monoisotopic (exact) mass is 189 g/mol. The maximum Gasteiger partial charge on any atom is 0.407 e. The number of rotatable bonds is 4. The smallest absolute Gasteiger partial charge is 0.407 e. The van der Waals surface area contributed by atoms with Gasteiger partial charge in [-0.2, -0.15) is 0 Å². The minimum atomic E-state index is -0.863. The second kappa shape index (κ2) is 5.04. The van der Waals surface area contributed by atoms with E-state index < -0.39 is 6.09 Å². The van der Waals surface area contributed by atoms with Gasteiger partial charge in [0.15, 0.2) is 0 Å². The molecule has 0 aliphatic carbocycles. The Morgan fingerprint density at radius 3 is 2.92 bits per heavy atom. The number of ether oxygens (including phenoxy) is 2. The van der Waals surface area contributed by atoms with Gasteiger partial charge in [0.2, 0.25) is 0 Å². The van der Waals surface area contributed by atoms with Gasteiger partial charge in [0.25, 0.3) is 0 Å². The predicted octanol–water partition coefficient (Wildman–Crippen LogP) is 0.402. The normalized spacial score (nSPS) is 22.2. The molecular weight excluding hydrogens is 174 g/mol. The fourth-order valence-electron chi connectivity index (χ4n) is 1.34. The molecule has 1 amide bonds. The third-order valence-electron chi connectivity index (χ3n) is 2.06. The van der Waals surface area contributed by atoms with Crippen molar-refractivity contribution < 1.29 is 19.4 Å². The van der Waals surface area contributed by atoms with Crippen molar-refractivity contribution in [2.75, 3.05) is 33.4 Å². The molecule has 1 fully saturated rings. The number of carbonyl (C=O) groups is 1. The molecule has 76 valence electrons. The Hall–Kier alpha value is -0.810. The van der Waals surface area contributed by atoms with E-state index in [-0.39, 0.29) is 6.10 Å². The van der Waals surface area contributed by atoms with Gasteiger partial charge in [0.1, 0.15) is 0 Å². The summed E-state index contributed by atoms with van der Waals surface area (Å²) in [6.45, 7) is 2.16. The third kappa shape index (κ3) is 3.20. The zero-order chi connectivity index (χ0) is 9.68. The van der Waals surface area contributed by atoms with Gasteiger partial charge in [-0.1, -0.05) is 0 Å². The molecule has 0 aromatic carbocycles. The van der Waals surface area contributed by atoms with Crippen LogP contribution in [0.4, 0.5) is 4.79 Å². The van der Waals surface area contributed by atoms with Crippen LogP contribution in [0.1, 0.15) is 6.42 Å². The molecule has 0 radical (unpaired) electrons. The lowest BCUT2D eigenvalue weighted by Gasteiger charge is -2.12. The highest BCUT2D eigenvalue weighted by atomic mass is 16.5. The van der Waals surface area contributed by atoms with E-state index in [0.717, 1.165) is 6.42 Å². The Bertz CT molecular complexity index is 174. The first-order valence-corrected chi connectivity index (χ1v) is 4.32. The average molecular weight is 189 g/mol. The first kappa shape index (κ1) is 10.3. The minimum absolute atomic E-state index is 0.0475. The number of hydrogen-bond acceptors (Lipinski definition) is 3. The second-order valence-electron chi connectivity index (χ2n) is 3.00. The molecule has 0 spiro atoms. The summed E-state index contributed by atoms with van der Waals surface area (Å²) in [7, 11) is 1.61. The summed E-state index contributed by atoms with van der Waals surface area (Å²) in [5, 5.41) is 8.65. The van der Waals surface area contributed by atoms with Crippen LogP contribution in [0.2, 0.25) is 0 Å². The summed E-state index contributed by atoms with van der Waals surface area (Å²) in [5.74, 6) is 0. The third-order valence-corrected chi connectivity index (χ3v) is 2.06. The van der Waals surface area contributed by atoms with Crippen LogP contribution in [0.3, 0.4) is 0 Å². The maximum atomic E-state index is 10.5. The van der Waals surface area contributed by atoms with Crippen LogP contribution in [0.15, 0.2) is 0 Å². The molecule has 5 nitrogen and oxygen atoms in total. The van der Waals surface area contributed by atoms with Crippen LogP contribution in [-0.2, 0) is 9.47 Å². The number of carboxylic acid groups (broad SMARTS) is 1. The summed E-state index contributed by atoms with van der Waals surface area (Å²) in [6, 6.07) is 0. The number of nitrogens with zero attached hydrogens (tertiary/aromatic N) is 1. The Morgan fingerprint density at radius 2 is 2.38 bits per heavy atom. The lowest BCUT2D eigenvalue weighted by atomic mass is 10.3. The Balaban J connectivity index is 2.14. The highest BCUT2D eigenvalue weighted by Crippen LogP contribution is 2.12. The summed E-state index contributed by atoms with van der Waals surface area (Å²) >= 11 is 0. The maximum absolute atomic E-state index is 10.5. The van der Waals surface area contributed by atoms with Gasteiger partial charge in [-0.15, -0.1) is 0 Å². The van der Waals surface area contributed by atoms with E-state index in [4.69, 9.17) is 14.6 Å². The van der Waals surface area contributed by atoms with Gasteiger partial charge in [-0.25, -0.2) is 4.79 Å². The van der Waals surface area contributed by atoms with Crippen molar-refractivity contribution in [2.45, 2.75) is 12.5 Å². The minimum Gasteiger partial charge on any atom is -0.465 e. The fraction of sp³-hybridized carbons (Fsp3) is 0.875. The molecule has 13 heavy (non-hydrogen) atoms. The summed E-state index contributed by atoms with van der Waals surface area (Å²) < 4.78 is 10.2. The molecule has 1 atom stereocenters. The van der Waals surface area contributed by atoms with Crippen LogP contribution in [-0.4, -0.2) is 55.6 Å². The quantitative estimate of drug-likeness (QED) is 0.650. The first-order chi connectivity index (χ1) is 6.24. The molecule has 0 saturated carbocycles. The van der Waals surface area contributed by atoms with Crippen LogP contribution >= 0.6 is 0 Å². The van der Waals surface area contributed by atoms with E-state index in [1.54, 1.807) is 7.11 Å². The number of likely N-dealkylation sites (tertiary alicyclic amines) is 1. The number of amides is 1. The van der Waals surface area contributed by atoms with Crippen LogP contribution in [0.25, 0.3) is 0 Å². The van der Waals surface area contributed by atoms with Gasteiger partial charge in [-0.3, -0.25) is 0 Å². The second-order valence-corrected chi connectivity index (χ2v) is 3.00. The number of hydrogen-bond donors (Lipinski definition) is 1. The fourth-order valence-corrected chi connectivity index (χ4v) is 1.34. The van der Waals surface area contributed by atoms with Gasteiger partial charge >= 0.3 is 6.09 Å². The highest BCUT2D eigenvalue weighted by Gasteiger charge is 2.25. The Labute approximate surface area is 77.2 Å². The molecule has 1 aliphatic heterocycles. The molecule has 1 heterocycles. The van der Waals surface area contributed by atoms with Gasteiger partial charge in [0.05, 0.1) is 25.9 Å². The van der Waals surface area contributed by atoms with E-state index in [2.05, 4.69) is 0 Å². The predicted molar refractivity (Wildman–Crippen MR) is 45.8 cm³/mol. The van der Waals surface area contributed by atoms with Crippen LogP contribution in [0.5, 0.6) is 0 Å². The summed E-state index contributed by atoms with van der Waals surface area (Å²) in [6.07, 6.45) is -0.0279. The molecule has 0 aromatic heterocycles. The van der Waals surface area contributed by atoms with Crippen molar-refractivity contribution in [3.05, 3.63) is 0 Å². The number of methoxy groups -OCH3 is 1. The average Bonchev–Trinajstić information content (AvgIpc) is 2.53. The molecule has 1 aliphatic rings. The van der Waals surface area contributed by atoms with Crippen LogP contribution < -0.4 is 0 Å². The van der Waals surface area contributed by atoms with E-state index >= 15 is 0 Å². The zero-order valence-electron chi connectivity index (χ0n) is 7.73. The summed E-state index contributed by atoms with van der Waals surface area (Å²) in [4.78, 5) is 11.9. The standard InChI is InChI=1S/C8H15NO4/c1-12-4-5-13-7-2-3-9(6-7)8(10)11/h7H,2-6H2,1H3,(H,10,11)/t7-/m1/s1. The summed E-state index contributed by atoms with van der Waals surface area (Å²) in [5.41, 5.74) is 0. The van der Waals surface area contributed by atoms with Crippen molar-refractivity contribution >= 4 is 6.09 Å². The molecular formula is C8H15NO4. The van der Waals surface area contributed by atoms with Crippen molar-refractivity contribution in [2.24, 2.45) is 0 Å². The topological polar surface area (TPSA) is 59.0 Å². The lowest BCUT2D eigenvalue weighted by Crippen LogP contribution is -2.28. The SMILES string of the molecule is COCCO[C@@H]1CCN(C(=O)O)C1. The molecule has 1 saturated heterocycles. The molecule has 0 aromatic rings. The molecule has 0 bridgehead atoms. The Kier molecular flexibility index (Phi) is 3.98. The van der Waals surface area contributed by atoms with Gasteiger partial charge < -0.3 is 19.5 Å². The van der Waals surface area contributed by atoms with Crippen molar-refractivity contribution in [1.29, 1.82) is 0 Å². The first-order valence-electron chi connectivity index (χ1n) is 4.32. The van der Waals surface area contributed by atoms with Crippen molar-refractivity contribution in [3.8, 4) is 0 Å². The van der Waals surface area contributed by atoms with Gasteiger partial charge in [-0.05, 0) is 6.42 Å². The van der Waals surface area contributed by atoms with E-state index in [1.165, 1.54) is 4.90 Å². The van der Waals surface area contributed by atoms with E-state index in [1.807, 2.05) is 0 Å². The van der Waals surface area contributed by atoms with Crippen LogP contribution in [0, 0.1) is 0 Å². The zero-order valence-corrected chi connectivity index (χ0v) is 7.73. The van der Waals surface area contributed by atoms with E-state index in [0.29, 0.717) is 26.3 Å². The Morgan fingerprint density at radius 1 is 1.62 bits per heavy atom. The van der Waals surface area contributed by atoms with Crippen molar-refractivity contribution in [1.82, 2.24) is 4.90 Å². The van der Waals surface area contributed by atoms with Gasteiger partial charge in [0, 0.05) is 13.7 Å². The molecule has 1 rings (SSSR count). The largest absolute Gasteiger partial charge is 0.465 e. The van der Waals surface area contributed by atoms with Crippen molar-refractivity contribution in [3.63, 3.8) is 0 Å². The molecule has 1 N–H and O–H groups in total.